The quantitative estimate of drug-likeness (QED) is 0.689. The number of hydrogen-bond acceptors (Lipinski definition) is 9. The van der Waals surface area contributed by atoms with E-state index < -0.39 is 18.5 Å². The molecule has 10 nitrogen and oxygen atoms in total. The number of anilines is 3. The first-order chi connectivity index (χ1) is 14.9. The highest BCUT2D eigenvalue weighted by molar-refractivity contribution is 7.15. The molecule has 2 fully saturated rings. The van der Waals surface area contributed by atoms with Crippen LogP contribution in [-0.2, 0) is 9.53 Å². The number of rotatable bonds is 5. The maximum atomic E-state index is 14.8. The molecule has 0 bridgehead atoms. The van der Waals surface area contributed by atoms with Crippen molar-refractivity contribution in [3.05, 3.63) is 29.3 Å². The van der Waals surface area contributed by atoms with Gasteiger partial charge in [0.15, 0.2) is 6.30 Å². The maximum absolute atomic E-state index is 14.8. The number of piperazine rings is 1. The number of cyclic esters (lactones) is 1. The summed E-state index contributed by atoms with van der Waals surface area (Å²) in [6.45, 7) is 3.15. The molecule has 2 atom stereocenters. The van der Waals surface area contributed by atoms with Crippen LogP contribution in [0.2, 0.25) is 0 Å². The number of aromatic nitrogens is 2. The second-order valence-corrected chi connectivity index (χ2v) is 8.10. The minimum Gasteiger partial charge on any atom is -0.442 e. The van der Waals surface area contributed by atoms with Gasteiger partial charge in [-0.3, -0.25) is 9.69 Å². The molecule has 1 N–H and O–H groups in total. The van der Waals surface area contributed by atoms with Gasteiger partial charge in [-0.2, -0.15) is 5.26 Å². The average molecular weight is 445 g/mol. The molecule has 0 saturated carbocycles. The van der Waals surface area contributed by atoms with Gasteiger partial charge in [-0.25, -0.2) is 9.18 Å². The number of amides is 2. The zero-order chi connectivity index (χ0) is 22.0. The molecule has 4 rings (SSSR count). The predicted molar refractivity (Wildman–Crippen MR) is 112 cm³/mol. The molecule has 2 aliphatic rings. The molecule has 2 saturated heterocycles. The van der Waals surface area contributed by atoms with Crippen LogP contribution in [0, 0.1) is 11.3 Å². The van der Waals surface area contributed by atoms with Crippen LogP contribution in [0.1, 0.15) is 11.9 Å². The Bertz CT molecular complexity index is 1010. The minimum atomic E-state index is -1.28. The Morgan fingerprint density at radius 1 is 1.29 bits per heavy atom. The summed E-state index contributed by atoms with van der Waals surface area (Å²) >= 11 is 1.07. The van der Waals surface area contributed by atoms with Crippen molar-refractivity contribution >= 4 is 39.8 Å². The Kier molecular flexibility index (Phi) is 5.85. The highest BCUT2D eigenvalue weighted by Crippen LogP contribution is 2.29. The van der Waals surface area contributed by atoms with Gasteiger partial charge in [0.1, 0.15) is 12.2 Å². The third-order valence-corrected chi connectivity index (χ3v) is 5.92. The highest BCUT2D eigenvalue weighted by atomic mass is 32.1. The van der Waals surface area contributed by atoms with Crippen molar-refractivity contribution in [3.8, 4) is 6.07 Å². The van der Waals surface area contributed by atoms with E-state index in [2.05, 4.69) is 15.5 Å². The van der Waals surface area contributed by atoms with E-state index in [1.165, 1.54) is 16.7 Å². The summed E-state index contributed by atoms with van der Waals surface area (Å²) in [5.41, 5.74) is 1.51. The summed E-state index contributed by atoms with van der Waals surface area (Å²) in [7, 11) is 0. The predicted octanol–water partition coefficient (Wildman–Crippen LogP) is 1.49. The number of nitrogens with zero attached hydrogens (tertiary/aromatic N) is 6. The van der Waals surface area contributed by atoms with Crippen molar-refractivity contribution in [2.75, 3.05) is 47.4 Å². The zero-order valence-electron chi connectivity index (χ0n) is 16.7. The fourth-order valence-electron chi connectivity index (χ4n) is 3.51. The second kappa shape index (κ2) is 8.73. The third kappa shape index (κ3) is 4.51. The summed E-state index contributed by atoms with van der Waals surface area (Å²) in [5.74, 6) is -0.179. The molecule has 2 aromatic rings. The molecule has 0 radical (unpaired) electrons. The van der Waals surface area contributed by atoms with Gasteiger partial charge < -0.3 is 19.9 Å². The van der Waals surface area contributed by atoms with E-state index in [0.717, 1.165) is 17.0 Å². The first-order valence-corrected chi connectivity index (χ1v) is 10.5. The van der Waals surface area contributed by atoms with Crippen LogP contribution in [0.4, 0.5) is 25.7 Å². The molecule has 2 amide bonds. The Hall–Kier alpha value is -3.46. The summed E-state index contributed by atoms with van der Waals surface area (Å²) < 4.78 is 20.1. The standard InChI is InChI=1S/C19H20FN7O3S/c1-12(28)22-9-15-10-27(19(29)30-15)14-4-2-13(3-5-14)25-6-7-26(16(20)11-25)18-24-23-17(8-21)31-18/h2-5,15-16H,6-7,9-11H2,1H3,(H,22,28)/t15-,16?/m0/s1. The van der Waals surface area contributed by atoms with E-state index in [1.54, 1.807) is 12.1 Å². The lowest BCUT2D eigenvalue weighted by Gasteiger charge is -2.38. The normalized spacial score (nSPS) is 21.1. The SMILES string of the molecule is CC(=O)NC[C@H]1CN(c2ccc(N3CCN(c4nnc(C#N)s4)C(F)C3)cc2)C(=O)O1. The first-order valence-electron chi connectivity index (χ1n) is 9.66. The monoisotopic (exact) mass is 445 g/mol. The average Bonchev–Trinajstić information content (AvgIpc) is 3.39. The Balaban J connectivity index is 1.37. The van der Waals surface area contributed by atoms with Crippen LogP contribution in [0.3, 0.4) is 0 Å². The van der Waals surface area contributed by atoms with Crippen molar-refractivity contribution in [2.45, 2.75) is 19.3 Å². The first kappa shape index (κ1) is 20.8. The maximum Gasteiger partial charge on any atom is 0.414 e. The van der Waals surface area contributed by atoms with E-state index in [-0.39, 0.29) is 24.0 Å². The summed E-state index contributed by atoms with van der Waals surface area (Å²) in [5, 5.41) is 19.7. The Labute approximate surface area is 181 Å². The third-order valence-electron chi connectivity index (χ3n) is 5.06. The molecule has 2 aliphatic heterocycles. The van der Waals surface area contributed by atoms with Crippen molar-refractivity contribution in [1.82, 2.24) is 15.5 Å². The van der Waals surface area contributed by atoms with Crippen molar-refractivity contribution < 1.29 is 18.7 Å². The lowest BCUT2D eigenvalue weighted by molar-refractivity contribution is -0.119. The van der Waals surface area contributed by atoms with E-state index in [9.17, 15) is 14.0 Å². The number of halogens is 1. The largest absolute Gasteiger partial charge is 0.442 e. The van der Waals surface area contributed by atoms with Gasteiger partial charge >= 0.3 is 6.09 Å². The van der Waals surface area contributed by atoms with Gasteiger partial charge in [0.2, 0.25) is 16.0 Å². The number of carbonyl (C=O) groups is 2. The molecule has 1 unspecified atom stereocenters. The Morgan fingerprint density at radius 2 is 2.03 bits per heavy atom. The number of benzene rings is 1. The number of carbonyl (C=O) groups excluding carboxylic acids is 2. The van der Waals surface area contributed by atoms with Crippen LogP contribution < -0.4 is 20.0 Å². The minimum absolute atomic E-state index is 0.144. The van der Waals surface area contributed by atoms with Crippen molar-refractivity contribution in [2.24, 2.45) is 0 Å². The van der Waals surface area contributed by atoms with E-state index in [0.29, 0.717) is 30.5 Å². The molecule has 31 heavy (non-hydrogen) atoms. The molecule has 3 heterocycles. The number of ether oxygens (including phenoxy) is 1. The lowest BCUT2D eigenvalue weighted by Crippen LogP contribution is -2.51. The smallest absolute Gasteiger partial charge is 0.414 e. The summed E-state index contributed by atoms with van der Waals surface area (Å²) in [6.07, 6.45) is -2.15. The van der Waals surface area contributed by atoms with Gasteiger partial charge in [0.05, 0.1) is 19.6 Å². The number of nitrogens with one attached hydrogen (secondary N) is 1. The van der Waals surface area contributed by atoms with Gasteiger partial charge in [-0.05, 0) is 24.3 Å². The van der Waals surface area contributed by atoms with Gasteiger partial charge in [0, 0.05) is 31.4 Å². The molecule has 1 aromatic heterocycles. The van der Waals surface area contributed by atoms with Crippen LogP contribution in [0.25, 0.3) is 0 Å². The van der Waals surface area contributed by atoms with Crippen molar-refractivity contribution in [1.29, 1.82) is 5.26 Å². The molecule has 162 valence electrons. The fourth-order valence-corrected chi connectivity index (χ4v) is 4.21. The van der Waals surface area contributed by atoms with Crippen LogP contribution in [-0.4, -0.2) is 67.3 Å². The fraction of sp³-hybridized carbons (Fsp3) is 0.421. The van der Waals surface area contributed by atoms with E-state index >= 15 is 0 Å². The van der Waals surface area contributed by atoms with Crippen LogP contribution >= 0.6 is 11.3 Å². The molecule has 1 aromatic carbocycles. The lowest BCUT2D eigenvalue weighted by atomic mass is 10.2. The highest BCUT2D eigenvalue weighted by Gasteiger charge is 2.33. The van der Waals surface area contributed by atoms with Crippen LogP contribution in [0.5, 0.6) is 0 Å². The van der Waals surface area contributed by atoms with Gasteiger partial charge in [0.25, 0.3) is 0 Å². The number of alkyl halides is 1. The molecular formula is C19H20FN7O3S. The molecular weight excluding hydrogens is 425 g/mol. The van der Waals surface area contributed by atoms with E-state index in [1.807, 2.05) is 23.1 Å². The second-order valence-electron chi connectivity index (χ2n) is 7.15. The zero-order valence-corrected chi connectivity index (χ0v) is 17.5. The molecule has 0 spiro atoms. The number of nitriles is 1. The molecule has 0 aliphatic carbocycles. The van der Waals surface area contributed by atoms with Crippen LogP contribution in [0.15, 0.2) is 24.3 Å². The van der Waals surface area contributed by atoms with Gasteiger partial charge in [-0.1, -0.05) is 11.3 Å². The summed E-state index contributed by atoms with van der Waals surface area (Å²) in [4.78, 5) is 28.1. The van der Waals surface area contributed by atoms with Crippen molar-refractivity contribution in [3.63, 3.8) is 0 Å². The topological polar surface area (TPSA) is 115 Å². The summed E-state index contributed by atoms with van der Waals surface area (Å²) in [6, 6.07) is 9.17. The molecule has 12 heteroatoms. The number of hydrogen-bond donors (Lipinski definition) is 1. The Morgan fingerprint density at radius 3 is 2.68 bits per heavy atom. The van der Waals surface area contributed by atoms with E-state index in [4.69, 9.17) is 10.00 Å². The van der Waals surface area contributed by atoms with Gasteiger partial charge in [-0.15, -0.1) is 10.2 Å².